The molecule has 0 bridgehead atoms. The standard InChI is InChI=1S/C15H20ClN3O2S/c1-10-13(14(16)19(5)17-10)22(20,21)18-12-8-6-11(7-9-12)15(2,3)4/h6-9,18H,1-5H3. The minimum atomic E-state index is -3.77. The van der Waals surface area contributed by atoms with Crippen LogP contribution in [0.2, 0.25) is 5.15 Å². The quantitative estimate of drug-likeness (QED) is 0.929. The summed E-state index contributed by atoms with van der Waals surface area (Å²) in [6.45, 7) is 7.92. The topological polar surface area (TPSA) is 64.0 Å². The third kappa shape index (κ3) is 3.28. The summed E-state index contributed by atoms with van der Waals surface area (Å²) in [5, 5.41) is 4.12. The number of hydrogen-bond acceptors (Lipinski definition) is 3. The minimum absolute atomic E-state index is 0.0107. The molecule has 0 amide bonds. The highest BCUT2D eigenvalue weighted by atomic mass is 35.5. The molecule has 0 spiro atoms. The van der Waals surface area contributed by atoms with Crippen LogP contribution in [0.25, 0.3) is 0 Å². The van der Waals surface area contributed by atoms with Gasteiger partial charge in [-0.2, -0.15) is 5.10 Å². The predicted molar refractivity (Wildman–Crippen MR) is 88.9 cm³/mol. The molecule has 0 unspecified atom stereocenters. The molecule has 120 valence electrons. The van der Waals surface area contributed by atoms with E-state index < -0.39 is 10.0 Å². The zero-order valence-corrected chi connectivity index (χ0v) is 14.9. The monoisotopic (exact) mass is 341 g/mol. The van der Waals surface area contributed by atoms with Crippen LogP contribution in [0.3, 0.4) is 0 Å². The van der Waals surface area contributed by atoms with Gasteiger partial charge < -0.3 is 0 Å². The average Bonchev–Trinajstić information content (AvgIpc) is 2.62. The Morgan fingerprint density at radius 1 is 1.18 bits per heavy atom. The number of nitrogens with one attached hydrogen (secondary N) is 1. The van der Waals surface area contributed by atoms with Crippen molar-refractivity contribution in [2.24, 2.45) is 7.05 Å². The predicted octanol–water partition coefficient (Wildman–Crippen LogP) is 3.48. The molecule has 0 radical (unpaired) electrons. The van der Waals surface area contributed by atoms with Gasteiger partial charge in [0.05, 0.1) is 5.69 Å². The molecule has 22 heavy (non-hydrogen) atoms. The second-order valence-corrected chi connectivity index (χ2v) is 8.24. The van der Waals surface area contributed by atoms with Crippen LogP contribution in [-0.2, 0) is 22.5 Å². The first-order valence-corrected chi connectivity index (χ1v) is 8.71. The summed E-state index contributed by atoms with van der Waals surface area (Å²) in [5.74, 6) is 0. The van der Waals surface area contributed by atoms with Crippen LogP contribution in [0.4, 0.5) is 5.69 Å². The minimum Gasteiger partial charge on any atom is -0.279 e. The first kappa shape index (κ1) is 16.8. The molecule has 0 aliphatic rings. The highest BCUT2D eigenvalue weighted by Crippen LogP contribution is 2.28. The number of hydrogen-bond donors (Lipinski definition) is 1. The van der Waals surface area contributed by atoms with Crippen molar-refractivity contribution < 1.29 is 8.42 Å². The van der Waals surface area contributed by atoms with Crippen LogP contribution in [0.5, 0.6) is 0 Å². The van der Waals surface area contributed by atoms with E-state index in [0.29, 0.717) is 11.4 Å². The maximum absolute atomic E-state index is 12.5. The van der Waals surface area contributed by atoms with Crippen molar-refractivity contribution in [3.63, 3.8) is 0 Å². The fourth-order valence-corrected chi connectivity index (χ4v) is 3.97. The highest BCUT2D eigenvalue weighted by molar-refractivity contribution is 7.92. The van der Waals surface area contributed by atoms with Crippen molar-refractivity contribution in [3.8, 4) is 0 Å². The van der Waals surface area contributed by atoms with Crippen LogP contribution < -0.4 is 4.72 Å². The fourth-order valence-electron chi connectivity index (χ4n) is 2.16. The zero-order chi connectivity index (χ0) is 16.7. The Balaban J connectivity index is 2.33. The van der Waals surface area contributed by atoms with Gasteiger partial charge in [0.15, 0.2) is 0 Å². The van der Waals surface area contributed by atoms with Gasteiger partial charge in [0.25, 0.3) is 10.0 Å². The number of benzene rings is 1. The molecule has 1 aromatic heterocycles. The van der Waals surface area contributed by atoms with Crippen LogP contribution >= 0.6 is 11.6 Å². The van der Waals surface area contributed by atoms with Crippen LogP contribution in [0.15, 0.2) is 29.2 Å². The Morgan fingerprint density at radius 3 is 2.14 bits per heavy atom. The van der Waals surface area contributed by atoms with E-state index in [1.807, 2.05) is 12.1 Å². The average molecular weight is 342 g/mol. The van der Waals surface area contributed by atoms with Gasteiger partial charge in [0, 0.05) is 12.7 Å². The van der Waals surface area contributed by atoms with E-state index in [1.54, 1.807) is 26.1 Å². The van der Waals surface area contributed by atoms with Crippen molar-refractivity contribution >= 4 is 27.3 Å². The van der Waals surface area contributed by atoms with Crippen LogP contribution in [0, 0.1) is 6.92 Å². The lowest BCUT2D eigenvalue weighted by molar-refractivity contribution is 0.590. The fraction of sp³-hybridized carbons (Fsp3) is 0.400. The Labute approximate surface area is 136 Å². The first-order valence-electron chi connectivity index (χ1n) is 6.85. The van der Waals surface area contributed by atoms with Crippen molar-refractivity contribution in [3.05, 3.63) is 40.7 Å². The molecule has 0 atom stereocenters. The second-order valence-electron chi connectivity index (χ2n) is 6.26. The molecule has 0 saturated heterocycles. The lowest BCUT2D eigenvalue weighted by atomic mass is 9.87. The molecule has 1 N–H and O–H groups in total. The zero-order valence-electron chi connectivity index (χ0n) is 13.3. The maximum atomic E-state index is 12.5. The van der Waals surface area contributed by atoms with E-state index in [0.717, 1.165) is 5.56 Å². The molecule has 0 fully saturated rings. The van der Waals surface area contributed by atoms with Crippen molar-refractivity contribution in [1.82, 2.24) is 9.78 Å². The summed E-state index contributed by atoms with van der Waals surface area (Å²) in [4.78, 5) is 0.0107. The molecule has 0 saturated carbocycles. The highest BCUT2D eigenvalue weighted by Gasteiger charge is 2.25. The van der Waals surface area contributed by atoms with E-state index in [9.17, 15) is 8.42 Å². The molecular formula is C15H20ClN3O2S. The molecule has 1 heterocycles. The Hall–Kier alpha value is -1.53. The van der Waals surface area contributed by atoms with E-state index >= 15 is 0 Å². The maximum Gasteiger partial charge on any atom is 0.266 e. The van der Waals surface area contributed by atoms with Crippen LogP contribution in [0.1, 0.15) is 32.0 Å². The summed E-state index contributed by atoms with van der Waals surface area (Å²) < 4.78 is 28.9. The molecule has 5 nitrogen and oxygen atoms in total. The number of sulfonamides is 1. The van der Waals surface area contributed by atoms with Gasteiger partial charge in [-0.3, -0.25) is 9.40 Å². The summed E-state index contributed by atoms with van der Waals surface area (Å²) in [6, 6.07) is 7.32. The van der Waals surface area contributed by atoms with Crippen molar-refractivity contribution in [2.75, 3.05) is 4.72 Å². The number of halogens is 1. The number of anilines is 1. The van der Waals surface area contributed by atoms with E-state index in [1.165, 1.54) is 4.68 Å². The van der Waals surface area contributed by atoms with Gasteiger partial charge >= 0.3 is 0 Å². The SMILES string of the molecule is Cc1nn(C)c(Cl)c1S(=O)(=O)Nc1ccc(C(C)(C)C)cc1. The summed E-state index contributed by atoms with van der Waals surface area (Å²) in [6.07, 6.45) is 0. The first-order chi connectivity index (χ1) is 10.0. The van der Waals surface area contributed by atoms with E-state index in [2.05, 4.69) is 30.6 Å². The lowest BCUT2D eigenvalue weighted by Crippen LogP contribution is -2.15. The molecule has 1 aromatic carbocycles. The lowest BCUT2D eigenvalue weighted by Gasteiger charge is -2.19. The van der Waals surface area contributed by atoms with Crippen molar-refractivity contribution in [2.45, 2.75) is 38.0 Å². The number of nitrogens with zero attached hydrogens (tertiary/aromatic N) is 2. The normalized spacial score (nSPS) is 12.5. The molecule has 0 aliphatic carbocycles. The smallest absolute Gasteiger partial charge is 0.266 e. The van der Waals surface area contributed by atoms with Crippen LogP contribution in [-0.4, -0.2) is 18.2 Å². The molecule has 0 aliphatic heterocycles. The third-order valence-corrected chi connectivity index (χ3v) is 5.45. The van der Waals surface area contributed by atoms with Gasteiger partial charge in [0.1, 0.15) is 10.0 Å². The largest absolute Gasteiger partial charge is 0.279 e. The summed E-state index contributed by atoms with van der Waals surface area (Å²) in [7, 11) is -2.16. The van der Waals surface area contributed by atoms with Gasteiger partial charge in [-0.1, -0.05) is 44.5 Å². The van der Waals surface area contributed by atoms with Gasteiger partial charge in [0.2, 0.25) is 0 Å². The van der Waals surface area contributed by atoms with Gasteiger partial charge in [-0.25, -0.2) is 8.42 Å². The summed E-state index contributed by atoms with van der Waals surface area (Å²) >= 11 is 6.03. The number of aromatic nitrogens is 2. The van der Waals surface area contributed by atoms with Gasteiger partial charge in [-0.15, -0.1) is 0 Å². The Morgan fingerprint density at radius 2 is 1.73 bits per heavy atom. The second kappa shape index (κ2) is 5.59. The number of aryl methyl sites for hydroxylation is 2. The van der Waals surface area contributed by atoms with Gasteiger partial charge in [-0.05, 0) is 30.0 Å². The molecular weight excluding hydrogens is 322 g/mol. The molecule has 7 heteroatoms. The summed E-state index contributed by atoms with van der Waals surface area (Å²) in [5.41, 5.74) is 2.00. The Kier molecular flexibility index (Phi) is 4.28. The molecule has 2 aromatic rings. The van der Waals surface area contributed by atoms with Crippen molar-refractivity contribution in [1.29, 1.82) is 0 Å². The Bertz CT molecular complexity index is 787. The van der Waals surface area contributed by atoms with E-state index in [-0.39, 0.29) is 15.5 Å². The number of rotatable bonds is 3. The van der Waals surface area contributed by atoms with E-state index in [4.69, 9.17) is 11.6 Å². The molecule has 2 rings (SSSR count). The third-order valence-electron chi connectivity index (χ3n) is 3.37.